The number of carbonyl (C=O) groups excluding carboxylic acids is 1. The largest absolute Gasteiger partial charge is 0.491 e. The number of hydrogen-bond acceptors (Lipinski definition) is 3. The molecule has 0 aliphatic heterocycles. The zero-order valence-corrected chi connectivity index (χ0v) is 11.1. The molecule has 98 valence electrons. The second-order valence-electron chi connectivity index (χ2n) is 4.15. The Kier molecular flexibility index (Phi) is 5.24. The molecule has 1 aromatic carbocycles. The molecule has 18 heavy (non-hydrogen) atoms. The first kappa shape index (κ1) is 14.1. The number of nitrogens with two attached hydrogens (primary N) is 1. The van der Waals surface area contributed by atoms with Crippen LogP contribution in [0.5, 0.6) is 5.75 Å². The van der Waals surface area contributed by atoms with Crippen LogP contribution in [0.4, 0.5) is 5.69 Å². The number of nitrogen functional groups attached to an aromatic ring is 1. The number of para-hydroxylation sites is 1. The molecule has 3 N–H and O–H groups in total. The van der Waals surface area contributed by atoms with Crippen molar-refractivity contribution in [3.05, 3.63) is 35.4 Å². The van der Waals surface area contributed by atoms with Gasteiger partial charge in [-0.25, -0.2) is 0 Å². The van der Waals surface area contributed by atoms with Gasteiger partial charge in [-0.15, -0.1) is 0 Å². The van der Waals surface area contributed by atoms with Crippen LogP contribution in [0, 0.1) is 0 Å². The second kappa shape index (κ2) is 6.69. The third-order valence-electron chi connectivity index (χ3n) is 2.35. The van der Waals surface area contributed by atoms with Gasteiger partial charge in [0.1, 0.15) is 0 Å². The van der Waals surface area contributed by atoms with E-state index in [-0.39, 0.29) is 5.91 Å². The van der Waals surface area contributed by atoms with Gasteiger partial charge < -0.3 is 15.8 Å². The fourth-order valence-electron chi connectivity index (χ4n) is 1.48. The van der Waals surface area contributed by atoms with Gasteiger partial charge in [-0.2, -0.15) is 0 Å². The summed E-state index contributed by atoms with van der Waals surface area (Å²) in [6.45, 7) is 6.80. The Balaban J connectivity index is 2.84. The van der Waals surface area contributed by atoms with Crippen molar-refractivity contribution in [1.82, 2.24) is 5.32 Å². The zero-order chi connectivity index (χ0) is 13.5. The van der Waals surface area contributed by atoms with Gasteiger partial charge in [-0.3, -0.25) is 4.79 Å². The quantitative estimate of drug-likeness (QED) is 0.621. The standard InChI is InChI=1S/C14H20N2O2/c1-4-18-13-11(6-5-7-12(13)15)14(17)16-9-8-10(2)3/h5-8H,4,9,15H2,1-3H3,(H,16,17). The lowest BCUT2D eigenvalue weighted by atomic mass is 10.1. The van der Waals surface area contributed by atoms with Crippen LogP contribution < -0.4 is 15.8 Å². The van der Waals surface area contributed by atoms with E-state index in [0.29, 0.717) is 30.2 Å². The predicted molar refractivity (Wildman–Crippen MR) is 73.8 cm³/mol. The third-order valence-corrected chi connectivity index (χ3v) is 2.35. The number of amides is 1. The third kappa shape index (κ3) is 3.80. The Hall–Kier alpha value is -1.97. The van der Waals surface area contributed by atoms with E-state index in [1.165, 1.54) is 0 Å². The van der Waals surface area contributed by atoms with Crippen LogP contribution in [0.1, 0.15) is 31.1 Å². The highest BCUT2D eigenvalue weighted by Crippen LogP contribution is 2.26. The fraction of sp³-hybridized carbons (Fsp3) is 0.357. The van der Waals surface area contributed by atoms with Gasteiger partial charge in [0.15, 0.2) is 5.75 Å². The van der Waals surface area contributed by atoms with Crippen LogP contribution in [0.2, 0.25) is 0 Å². The van der Waals surface area contributed by atoms with Crippen molar-refractivity contribution in [2.24, 2.45) is 0 Å². The summed E-state index contributed by atoms with van der Waals surface area (Å²) in [4.78, 5) is 12.0. The number of benzene rings is 1. The Morgan fingerprint density at radius 2 is 2.17 bits per heavy atom. The van der Waals surface area contributed by atoms with Gasteiger partial charge in [-0.1, -0.05) is 17.7 Å². The maximum Gasteiger partial charge on any atom is 0.255 e. The van der Waals surface area contributed by atoms with E-state index in [0.717, 1.165) is 5.57 Å². The molecule has 0 unspecified atom stereocenters. The summed E-state index contributed by atoms with van der Waals surface area (Å²) in [6.07, 6.45) is 1.95. The first-order chi connectivity index (χ1) is 8.56. The van der Waals surface area contributed by atoms with Gasteiger partial charge in [-0.05, 0) is 32.9 Å². The lowest BCUT2D eigenvalue weighted by molar-refractivity contribution is 0.0954. The monoisotopic (exact) mass is 248 g/mol. The molecular formula is C14H20N2O2. The van der Waals surface area contributed by atoms with E-state index in [1.807, 2.05) is 26.8 Å². The molecule has 0 aliphatic carbocycles. The molecule has 1 rings (SSSR count). The number of carbonyl (C=O) groups is 1. The second-order valence-corrected chi connectivity index (χ2v) is 4.15. The van der Waals surface area contributed by atoms with Crippen molar-refractivity contribution in [2.75, 3.05) is 18.9 Å². The van der Waals surface area contributed by atoms with Crippen LogP contribution in [0.3, 0.4) is 0 Å². The highest BCUT2D eigenvalue weighted by molar-refractivity contribution is 5.98. The molecule has 0 radical (unpaired) electrons. The van der Waals surface area contributed by atoms with E-state index in [4.69, 9.17) is 10.5 Å². The van der Waals surface area contributed by atoms with Gasteiger partial charge in [0, 0.05) is 6.54 Å². The predicted octanol–water partition coefficient (Wildman–Crippen LogP) is 2.36. The minimum absolute atomic E-state index is 0.178. The first-order valence-electron chi connectivity index (χ1n) is 5.99. The summed E-state index contributed by atoms with van der Waals surface area (Å²) >= 11 is 0. The van der Waals surface area contributed by atoms with Gasteiger partial charge in [0.2, 0.25) is 0 Å². The van der Waals surface area contributed by atoms with Crippen LogP contribution in [0.25, 0.3) is 0 Å². The summed E-state index contributed by atoms with van der Waals surface area (Å²) in [5, 5.41) is 2.81. The van der Waals surface area contributed by atoms with Crippen molar-refractivity contribution >= 4 is 11.6 Å². The Morgan fingerprint density at radius 3 is 2.78 bits per heavy atom. The van der Waals surface area contributed by atoms with Crippen molar-refractivity contribution in [3.63, 3.8) is 0 Å². The summed E-state index contributed by atoms with van der Waals surface area (Å²) in [6, 6.07) is 5.17. The minimum atomic E-state index is -0.178. The van der Waals surface area contributed by atoms with Gasteiger partial charge >= 0.3 is 0 Å². The van der Waals surface area contributed by atoms with E-state index >= 15 is 0 Å². The Morgan fingerprint density at radius 1 is 1.44 bits per heavy atom. The van der Waals surface area contributed by atoms with E-state index < -0.39 is 0 Å². The molecule has 0 saturated heterocycles. The number of anilines is 1. The average Bonchev–Trinajstić information content (AvgIpc) is 2.31. The molecule has 1 aromatic rings. The zero-order valence-electron chi connectivity index (χ0n) is 11.1. The Bertz CT molecular complexity index is 449. The summed E-state index contributed by atoms with van der Waals surface area (Å²) in [5.74, 6) is 0.276. The molecule has 0 aliphatic rings. The van der Waals surface area contributed by atoms with Crippen LogP contribution in [-0.2, 0) is 0 Å². The van der Waals surface area contributed by atoms with E-state index in [1.54, 1.807) is 18.2 Å². The maximum absolute atomic E-state index is 12.0. The molecule has 4 heteroatoms. The number of rotatable bonds is 5. The number of allylic oxidation sites excluding steroid dienone is 1. The summed E-state index contributed by atoms with van der Waals surface area (Å²) in [5.41, 5.74) is 7.92. The normalized spacial score (nSPS) is 9.72. The highest BCUT2D eigenvalue weighted by Gasteiger charge is 2.13. The summed E-state index contributed by atoms with van der Waals surface area (Å²) in [7, 11) is 0. The molecule has 1 amide bonds. The SMILES string of the molecule is CCOc1c(N)cccc1C(=O)NCC=C(C)C. The number of ether oxygens (including phenoxy) is 1. The molecular weight excluding hydrogens is 228 g/mol. The van der Waals surface area contributed by atoms with Crippen LogP contribution in [-0.4, -0.2) is 19.1 Å². The average molecular weight is 248 g/mol. The summed E-state index contributed by atoms with van der Waals surface area (Å²) < 4.78 is 5.42. The fourth-order valence-corrected chi connectivity index (χ4v) is 1.48. The first-order valence-corrected chi connectivity index (χ1v) is 5.99. The number of hydrogen-bond donors (Lipinski definition) is 2. The van der Waals surface area contributed by atoms with E-state index in [9.17, 15) is 4.79 Å². The van der Waals surface area contributed by atoms with E-state index in [2.05, 4.69) is 5.32 Å². The minimum Gasteiger partial charge on any atom is -0.491 e. The lowest BCUT2D eigenvalue weighted by Gasteiger charge is -2.12. The van der Waals surface area contributed by atoms with Crippen LogP contribution in [0.15, 0.2) is 29.8 Å². The van der Waals surface area contributed by atoms with Crippen LogP contribution >= 0.6 is 0 Å². The molecule has 0 spiro atoms. The van der Waals surface area contributed by atoms with Crippen molar-refractivity contribution in [1.29, 1.82) is 0 Å². The number of nitrogens with one attached hydrogen (secondary N) is 1. The smallest absolute Gasteiger partial charge is 0.255 e. The molecule has 0 aromatic heterocycles. The topological polar surface area (TPSA) is 64.3 Å². The van der Waals surface area contributed by atoms with Crippen molar-refractivity contribution in [2.45, 2.75) is 20.8 Å². The maximum atomic E-state index is 12.0. The van der Waals surface area contributed by atoms with Gasteiger partial charge in [0.05, 0.1) is 17.9 Å². The molecule has 0 saturated carbocycles. The molecule has 0 bridgehead atoms. The Labute approximate surface area is 108 Å². The highest BCUT2D eigenvalue weighted by atomic mass is 16.5. The molecule has 0 fully saturated rings. The lowest BCUT2D eigenvalue weighted by Crippen LogP contribution is -2.24. The van der Waals surface area contributed by atoms with Gasteiger partial charge in [0.25, 0.3) is 5.91 Å². The molecule has 0 atom stereocenters. The molecule has 0 heterocycles. The molecule has 4 nitrogen and oxygen atoms in total. The van der Waals surface area contributed by atoms with Crippen molar-refractivity contribution < 1.29 is 9.53 Å². The van der Waals surface area contributed by atoms with Crippen molar-refractivity contribution in [3.8, 4) is 5.75 Å².